The molecule has 4 atom stereocenters. The van der Waals surface area contributed by atoms with Gasteiger partial charge in [0.1, 0.15) is 18.5 Å². The number of hydrogen-bond donors (Lipinski definition) is 4. The first-order valence-corrected chi connectivity index (χ1v) is 8.80. The molecule has 0 bridgehead atoms. The van der Waals surface area contributed by atoms with E-state index in [1.807, 2.05) is 0 Å². The first-order chi connectivity index (χ1) is 12.5. The number of aliphatic hydroxyl groups excluding tert-OH is 3. The molecular formula is C14H19N5O6S. The quantitative estimate of drug-likeness (QED) is 0.344. The third-order valence-electron chi connectivity index (χ3n) is 3.84. The van der Waals surface area contributed by atoms with Gasteiger partial charge in [-0.05, 0) is 0 Å². The van der Waals surface area contributed by atoms with Crippen LogP contribution in [0.25, 0.3) is 11.2 Å². The molecule has 0 unspecified atom stereocenters. The number of thioether (sulfide) groups is 1. The van der Waals surface area contributed by atoms with Crippen molar-refractivity contribution in [3.63, 3.8) is 0 Å². The fourth-order valence-electron chi connectivity index (χ4n) is 2.77. The van der Waals surface area contributed by atoms with E-state index in [0.29, 0.717) is 22.1 Å². The summed E-state index contributed by atoms with van der Waals surface area (Å²) in [5.41, 5.74) is 6.51. The number of aromatic nitrogens is 4. The summed E-state index contributed by atoms with van der Waals surface area (Å²) in [5.74, 6) is -0.113. The third kappa shape index (κ3) is 3.33. The number of rotatable bonds is 6. The minimum Gasteiger partial charge on any atom is -0.455 e. The molecule has 26 heavy (non-hydrogen) atoms. The second-order valence-corrected chi connectivity index (χ2v) is 6.64. The number of carbonyl (C=O) groups is 1. The molecule has 0 amide bonds. The van der Waals surface area contributed by atoms with Crippen LogP contribution in [0.2, 0.25) is 0 Å². The number of imidazole rings is 1. The SMILES string of the molecule is CC(=O)O[C@@H]1[C@H](O)[C@@H](CO)O[C@H]1n1c(SCCO)nc2c(N)ncnc21. The lowest BCUT2D eigenvalue weighted by Gasteiger charge is -2.22. The molecule has 3 heterocycles. The van der Waals surface area contributed by atoms with Crippen molar-refractivity contribution >= 4 is 34.7 Å². The van der Waals surface area contributed by atoms with Gasteiger partial charge >= 0.3 is 5.97 Å². The van der Waals surface area contributed by atoms with E-state index in [4.69, 9.17) is 20.3 Å². The molecule has 0 radical (unpaired) electrons. The molecule has 12 heteroatoms. The van der Waals surface area contributed by atoms with Crippen LogP contribution in [-0.2, 0) is 14.3 Å². The number of nitrogens with zero attached hydrogens (tertiary/aromatic N) is 4. The molecule has 1 fully saturated rings. The van der Waals surface area contributed by atoms with Gasteiger partial charge in [-0.25, -0.2) is 15.0 Å². The molecule has 3 rings (SSSR count). The van der Waals surface area contributed by atoms with Gasteiger partial charge in [0.25, 0.3) is 0 Å². The molecule has 0 aromatic carbocycles. The minimum atomic E-state index is -1.23. The van der Waals surface area contributed by atoms with Crippen LogP contribution in [0.4, 0.5) is 5.82 Å². The van der Waals surface area contributed by atoms with Crippen molar-refractivity contribution < 1.29 is 29.6 Å². The van der Waals surface area contributed by atoms with Crippen LogP contribution >= 0.6 is 11.8 Å². The van der Waals surface area contributed by atoms with E-state index >= 15 is 0 Å². The van der Waals surface area contributed by atoms with Gasteiger partial charge in [-0.15, -0.1) is 0 Å². The lowest BCUT2D eigenvalue weighted by atomic mass is 10.1. The Balaban J connectivity index is 2.11. The van der Waals surface area contributed by atoms with Gasteiger partial charge in [0.05, 0.1) is 13.2 Å². The van der Waals surface area contributed by atoms with Crippen molar-refractivity contribution in [1.29, 1.82) is 0 Å². The van der Waals surface area contributed by atoms with Gasteiger partial charge in [-0.1, -0.05) is 11.8 Å². The molecular weight excluding hydrogens is 366 g/mol. The first-order valence-electron chi connectivity index (χ1n) is 7.81. The zero-order valence-electron chi connectivity index (χ0n) is 13.8. The summed E-state index contributed by atoms with van der Waals surface area (Å²) in [4.78, 5) is 23.9. The van der Waals surface area contributed by atoms with Gasteiger partial charge in [0.2, 0.25) is 0 Å². The van der Waals surface area contributed by atoms with Crippen molar-refractivity contribution in [2.45, 2.75) is 36.6 Å². The third-order valence-corrected chi connectivity index (χ3v) is 4.78. The topological polar surface area (TPSA) is 166 Å². The number of ether oxygens (including phenoxy) is 2. The standard InChI is InChI=1S/C14H19N5O6S/c1-6(22)24-10-9(23)7(4-21)25-13(10)19-12-8(11(15)16-5-17-12)18-14(19)26-3-2-20/h5,7,9-10,13,20-21,23H,2-4H2,1H3,(H2,15,16,17)/t7-,9-,10-,13-/m1/s1. The summed E-state index contributed by atoms with van der Waals surface area (Å²) in [7, 11) is 0. The second kappa shape index (κ2) is 7.72. The molecule has 1 aliphatic heterocycles. The number of esters is 1. The van der Waals surface area contributed by atoms with Crippen LogP contribution < -0.4 is 5.73 Å². The highest BCUT2D eigenvalue weighted by molar-refractivity contribution is 7.99. The Morgan fingerprint density at radius 2 is 2.23 bits per heavy atom. The van der Waals surface area contributed by atoms with E-state index in [2.05, 4.69) is 15.0 Å². The first kappa shape index (κ1) is 18.8. The molecule has 0 spiro atoms. The fourth-order valence-corrected chi connectivity index (χ4v) is 3.53. The van der Waals surface area contributed by atoms with Crippen molar-refractivity contribution in [1.82, 2.24) is 19.5 Å². The lowest BCUT2D eigenvalue weighted by Crippen LogP contribution is -2.36. The number of anilines is 1. The van der Waals surface area contributed by atoms with Gasteiger partial charge in [-0.3, -0.25) is 9.36 Å². The summed E-state index contributed by atoms with van der Waals surface area (Å²) in [5, 5.41) is 29.3. The number of hydrogen-bond acceptors (Lipinski definition) is 11. The number of nitrogen functional groups attached to an aromatic ring is 1. The molecule has 142 valence electrons. The summed E-state index contributed by atoms with van der Waals surface area (Å²) < 4.78 is 12.5. The molecule has 1 saturated heterocycles. The lowest BCUT2D eigenvalue weighted by molar-refractivity contribution is -0.156. The van der Waals surface area contributed by atoms with Gasteiger partial charge in [0, 0.05) is 12.7 Å². The van der Waals surface area contributed by atoms with Crippen molar-refractivity contribution in [3.8, 4) is 0 Å². The Labute approximate surface area is 152 Å². The van der Waals surface area contributed by atoms with Crippen molar-refractivity contribution in [3.05, 3.63) is 6.33 Å². The highest BCUT2D eigenvalue weighted by Crippen LogP contribution is 2.37. The average molecular weight is 385 g/mol. The maximum absolute atomic E-state index is 11.5. The summed E-state index contributed by atoms with van der Waals surface area (Å²) in [6.07, 6.45) is -2.98. The monoisotopic (exact) mass is 385 g/mol. The molecule has 5 N–H and O–H groups in total. The smallest absolute Gasteiger partial charge is 0.303 e. The summed E-state index contributed by atoms with van der Waals surface area (Å²) >= 11 is 1.21. The zero-order valence-corrected chi connectivity index (χ0v) is 14.7. The Hall–Kier alpha value is -1.99. The highest BCUT2D eigenvalue weighted by Gasteiger charge is 2.48. The van der Waals surface area contributed by atoms with Crippen molar-refractivity contribution in [2.75, 3.05) is 24.7 Å². The van der Waals surface area contributed by atoms with E-state index in [9.17, 15) is 15.0 Å². The molecule has 0 aliphatic carbocycles. The Bertz CT molecular complexity index is 801. The van der Waals surface area contributed by atoms with Gasteiger partial charge in [-0.2, -0.15) is 0 Å². The summed E-state index contributed by atoms with van der Waals surface area (Å²) in [6, 6.07) is 0. The minimum absolute atomic E-state index is 0.0875. The Morgan fingerprint density at radius 3 is 2.88 bits per heavy atom. The van der Waals surface area contributed by atoms with E-state index in [1.165, 1.54) is 29.6 Å². The number of aliphatic hydroxyl groups is 3. The predicted molar refractivity (Wildman–Crippen MR) is 90.1 cm³/mol. The number of carbonyl (C=O) groups excluding carboxylic acids is 1. The van der Waals surface area contributed by atoms with Crippen LogP contribution in [0.15, 0.2) is 11.5 Å². The summed E-state index contributed by atoms with van der Waals surface area (Å²) in [6.45, 7) is 0.664. The predicted octanol–water partition coefficient (Wildman–Crippen LogP) is -1.32. The average Bonchev–Trinajstić information content (AvgIpc) is 3.12. The molecule has 0 saturated carbocycles. The van der Waals surface area contributed by atoms with Crippen LogP contribution in [0, 0.1) is 0 Å². The van der Waals surface area contributed by atoms with Gasteiger partial charge in [0.15, 0.2) is 34.5 Å². The fraction of sp³-hybridized carbons (Fsp3) is 0.571. The maximum Gasteiger partial charge on any atom is 0.303 e. The van der Waals surface area contributed by atoms with Crippen LogP contribution in [-0.4, -0.2) is 78.1 Å². The Kier molecular flexibility index (Phi) is 5.58. The number of nitrogens with two attached hydrogens (primary N) is 1. The van der Waals surface area contributed by atoms with E-state index in [0.717, 1.165) is 0 Å². The number of fused-ring (bicyclic) bond motifs is 1. The van der Waals surface area contributed by atoms with E-state index in [-0.39, 0.29) is 12.4 Å². The second-order valence-electron chi connectivity index (χ2n) is 5.58. The van der Waals surface area contributed by atoms with Crippen LogP contribution in [0.3, 0.4) is 0 Å². The van der Waals surface area contributed by atoms with Crippen molar-refractivity contribution in [2.24, 2.45) is 0 Å². The maximum atomic E-state index is 11.5. The molecule has 2 aromatic rings. The van der Waals surface area contributed by atoms with Crippen LogP contribution in [0.5, 0.6) is 0 Å². The largest absolute Gasteiger partial charge is 0.455 e. The van der Waals surface area contributed by atoms with E-state index in [1.54, 1.807) is 0 Å². The van der Waals surface area contributed by atoms with E-state index < -0.39 is 37.1 Å². The van der Waals surface area contributed by atoms with Crippen LogP contribution in [0.1, 0.15) is 13.2 Å². The zero-order chi connectivity index (χ0) is 18.8. The Morgan fingerprint density at radius 1 is 1.46 bits per heavy atom. The molecule has 1 aliphatic rings. The molecule has 11 nitrogen and oxygen atoms in total. The highest BCUT2D eigenvalue weighted by atomic mass is 32.2. The van der Waals surface area contributed by atoms with Gasteiger partial charge < -0.3 is 30.5 Å². The normalized spacial score (nSPS) is 25.7. The molecule has 2 aromatic heterocycles.